The molecule has 1 aromatic rings. The van der Waals surface area contributed by atoms with Crippen LogP contribution in [0.3, 0.4) is 0 Å². The minimum absolute atomic E-state index is 0.0178. The number of rotatable bonds is 4. The van der Waals surface area contributed by atoms with E-state index in [1.807, 2.05) is 6.07 Å². The zero-order chi connectivity index (χ0) is 18.0. The van der Waals surface area contributed by atoms with Gasteiger partial charge in [-0.15, -0.1) is 0 Å². The Labute approximate surface area is 144 Å². The average Bonchev–Trinajstić information content (AvgIpc) is 3.03. The summed E-state index contributed by atoms with van der Waals surface area (Å²) in [6.45, 7) is 0.888. The summed E-state index contributed by atoms with van der Waals surface area (Å²) in [6, 6.07) is 1.51. The van der Waals surface area contributed by atoms with Gasteiger partial charge in [0, 0.05) is 45.8 Å². The molecule has 25 heavy (non-hydrogen) atoms. The highest BCUT2D eigenvalue weighted by atomic mass is 19.3. The number of carbonyl (C=O) groups excluding carboxylic acids is 2. The number of amides is 2. The normalized spacial score (nSPS) is 22.6. The van der Waals surface area contributed by atoms with Gasteiger partial charge in [-0.05, 0) is 6.07 Å². The van der Waals surface area contributed by atoms with Crippen LogP contribution in [-0.2, 0) is 20.9 Å². The summed E-state index contributed by atoms with van der Waals surface area (Å²) in [5, 5.41) is 4.26. The second kappa shape index (κ2) is 7.07. The molecule has 3 rings (SSSR count). The molecule has 1 aromatic heterocycles. The summed E-state index contributed by atoms with van der Waals surface area (Å²) >= 11 is 0. The molecule has 3 heterocycles. The number of alkyl halides is 2. The van der Waals surface area contributed by atoms with Gasteiger partial charge in [0.1, 0.15) is 6.61 Å². The van der Waals surface area contributed by atoms with Gasteiger partial charge < -0.3 is 14.5 Å². The van der Waals surface area contributed by atoms with E-state index in [0.29, 0.717) is 13.1 Å². The van der Waals surface area contributed by atoms with Gasteiger partial charge in [-0.3, -0.25) is 14.3 Å². The second-order valence-electron chi connectivity index (χ2n) is 6.57. The maximum Gasteiger partial charge on any atom is 0.251 e. The summed E-state index contributed by atoms with van der Waals surface area (Å²) in [5.74, 6) is -3.01. The fourth-order valence-corrected chi connectivity index (χ4v) is 3.36. The summed E-state index contributed by atoms with van der Waals surface area (Å²) in [4.78, 5) is 27.8. The molecule has 0 aromatic carbocycles. The number of fused-ring (bicyclic) bond motifs is 1. The molecule has 1 saturated heterocycles. The number of aromatic nitrogens is 2. The van der Waals surface area contributed by atoms with Gasteiger partial charge in [-0.1, -0.05) is 0 Å². The lowest BCUT2D eigenvalue weighted by Gasteiger charge is -2.36. The van der Waals surface area contributed by atoms with Gasteiger partial charge in [0.2, 0.25) is 11.8 Å². The maximum absolute atomic E-state index is 13.3. The summed E-state index contributed by atoms with van der Waals surface area (Å²) < 4.78 is 33.2. The van der Waals surface area contributed by atoms with E-state index >= 15 is 0 Å². The van der Waals surface area contributed by atoms with Gasteiger partial charge >= 0.3 is 0 Å². The van der Waals surface area contributed by atoms with Gasteiger partial charge in [-0.25, -0.2) is 8.78 Å². The van der Waals surface area contributed by atoms with Crippen LogP contribution < -0.4 is 0 Å². The van der Waals surface area contributed by atoms with Crippen molar-refractivity contribution in [2.75, 3.05) is 33.4 Å². The molecule has 2 amide bonds. The lowest BCUT2D eigenvalue weighted by atomic mass is 10.0. The first-order valence-electron chi connectivity index (χ1n) is 8.34. The standard InChI is InChI=1S/C16H22F2N4O3/c1-25-11-15(24)21-9-12-2-5-19-22(12)13(10-21)8-14(23)20-6-3-16(17,18)4-7-20/h2,5,13H,3-4,6-11H2,1H3/t13-/m0/s1. The Kier molecular flexibility index (Phi) is 5.03. The minimum Gasteiger partial charge on any atom is -0.375 e. The van der Waals surface area contributed by atoms with Gasteiger partial charge in [0.05, 0.1) is 24.7 Å². The Bertz CT molecular complexity index is 639. The predicted molar refractivity (Wildman–Crippen MR) is 83.9 cm³/mol. The molecule has 1 fully saturated rings. The Morgan fingerprint density at radius 3 is 2.68 bits per heavy atom. The molecule has 2 aliphatic heterocycles. The first-order chi connectivity index (χ1) is 11.9. The molecule has 0 aliphatic carbocycles. The molecule has 0 radical (unpaired) electrons. The first-order valence-corrected chi connectivity index (χ1v) is 8.34. The third-order valence-corrected chi connectivity index (χ3v) is 4.76. The Morgan fingerprint density at radius 2 is 2.00 bits per heavy atom. The summed E-state index contributed by atoms with van der Waals surface area (Å²) in [5.41, 5.74) is 0.846. The number of carbonyl (C=O) groups is 2. The molecule has 0 spiro atoms. The highest BCUT2D eigenvalue weighted by molar-refractivity contribution is 5.78. The van der Waals surface area contributed by atoms with Gasteiger partial charge in [0.25, 0.3) is 5.92 Å². The predicted octanol–water partition coefficient (Wildman–Crippen LogP) is 1.06. The van der Waals surface area contributed by atoms with Crippen molar-refractivity contribution in [2.24, 2.45) is 0 Å². The average molecular weight is 356 g/mol. The van der Waals surface area contributed by atoms with Crippen molar-refractivity contribution in [1.29, 1.82) is 0 Å². The second-order valence-corrected chi connectivity index (χ2v) is 6.57. The topological polar surface area (TPSA) is 67.7 Å². The zero-order valence-corrected chi connectivity index (χ0v) is 14.2. The van der Waals surface area contributed by atoms with Crippen molar-refractivity contribution in [3.8, 4) is 0 Å². The number of hydrogen-bond acceptors (Lipinski definition) is 4. The van der Waals surface area contributed by atoms with Crippen molar-refractivity contribution in [3.05, 3.63) is 18.0 Å². The Hall–Kier alpha value is -2.03. The van der Waals surface area contributed by atoms with E-state index in [1.165, 1.54) is 12.0 Å². The van der Waals surface area contributed by atoms with Crippen LogP contribution in [0.15, 0.2) is 12.3 Å². The van der Waals surface area contributed by atoms with Crippen LogP contribution in [-0.4, -0.2) is 70.7 Å². The van der Waals surface area contributed by atoms with Crippen LogP contribution in [0.1, 0.15) is 31.0 Å². The van der Waals surface area contributed by atoms with E-state index < -0.39 is 5.92 Å². The van der Waals surface area contributed by atoms with Crippen molar-refractivity contribution < 1.29 is 23.1 Å². The van der Waals surface area contributed by atoms with Crippen molar-refractivity contribution in [2.45, 2.75) is 37.8 Å². The lowest BCUT2D eigenvalue weighted by molar-refractivity contribution is -0.141. The fraction of sp³-hybridized carbons (Fsp3) is 0.688. The minimum atomic E-state index is -2.68. The molecule has 0 unspecified atom stereocenters. The SMILES string of the molecule is COCC(=O)N1Cc2ccnn2[C@@H](CC(=O)N2CCC(F)(F)CC2)C1. The molecular formula is C16H22F2N4O3. The van der Waals surface area contributed by atoms with Crippen LogP contribution in [0.2, 0.25) is 0 Å². The van der Waals surface area contributed by atoms with Crippen LogP contribution in [0.25, 0.3) is 0 Å². The van der Waals surface area contributed by atoms with E-state index in [9.17, 15) is 18.4 Å². The monoisotopic (exact) mass is 356 g/mol. The van der Waals surface area contributed by atoms with E-state index in [2.05, 4.69) is 5.10 Å². The molecule has 138 valence electrons. The highest BCUT2D eigenvalue weighted by Gasteiger charge is 2.37. The van der Waals surface area contributed by atoms with Crippen molar-refractivity contribution in [1.82, 2.24) is 19.6 Å². The quantitative estimate of drug-likeness (QED) is 0.809. The summed E-state index contributed by atoms with van der Waals surface area (Å²) in [6.07, 6.45) is 1.18. The molecular weight excluding hydrogens is 334 g/mol. The van der Waals surface area contributed by atoms with E-state index in [4.69, 9.17) is 4.74 Å². The molecule has 1 atom stereocenters. The number of ether oxygens (including phenoxy) is 1. The Morgan fingerprint density at radius 1 is 1.28 bits per heavy atom. The van der Waals surface area contributed by atoms with Crippen molar-refractivity contribution in [3.63, 3.8) is 0 Å². The van der Waals surface area contributed by atoms with E-state index in [1.54, 1.807) is 15.8 Å². The largest absolute Gasteiger partial charge is 0.375 e. The lowest BCUT2D eigenvalue weighted by Crippen LogP contribution is -2.46. The molecule has 2 aliphatic rings. The number of likely N-dealkylation sites (tertiary alicyclic amines) is 1. The number of hydrogen-bond donors (Lipinski definition) is 0. The van der Waals surface area contributed by atoms with Crippen LogP contribution in [0.5, 0.6) is 0 Å². The van der Waals surface area contributed by atoms with E-state index in [0.717, 1.165) is 5.69 Å². The fourth-order valence-electron chi connectivity index (χ4n) is 3.36. The number of halogens is 2. The maximum atomic E-state index is 13.3. The van der Waals surface area contributed by atoms with E-state index in [-0.39, 0.29) is 56.8 Å². The number of piperidine rings is 1. The van der Waals surface area contributed by atoms with Gasteiger partial charge in [-0.2, -0.15) is 5.10 Å². The van der Waals surface area contributed by atoms with Crippen LogP contribution in [0.4, 0.5) is 8.78 Å². The van der Waals surface area contributed by atoms with Gasteiger partial charge in [0.15, 0.2) is 0 Å². The molecule has 9 heteroatoms. The third-order valence-electron chi connectivity index (χ3n) is 4.76. The first kappa shape index (κ1) is 17.8. The number of nitrogens with zero attached hydrogens (tertiary/aromatic N) is 4. The molecule has 0 N–H and O–H groups in total. The third kappa shape index (κ3) is 3.97. The van der Waals surface area contributed by atoms with Crippen LogP contribution >= 0.6 is 0 Å². The summed E-state index contributed by atoms with van der Waals surface area (Å²) in [7, 11) is 1.46. The molecule has 0 saturated carbocycles. The Balaban J connectivity index is 1.67. The number of methoxy groups -OCH3 is 1. The highest BCUT2D eigenvalue weighted by Crippen LogP contribution is 2.29. The van der Waals surface area contributed by atoms with Crippen molar-refractivity contribution >= 4 is 11.8 Å². The molecule has 0 bridgehead atoms. The van der Waals surface area contributed by atoms with Crippen LogP contribution in [0, 0.1) is 0 Å². The zero-order valence-electron chi connectivity index (χ0n) is 14.2. The molecule has 7 nitrogen and oxygen atoms in total. The smallest absolute Gasteiger partial charge is 0.251 e.